The monoisotopic (exact) mass is 243 g/mol. The molecule has 1 saturated heterocycles. The molecule has 0 radical (unpaired) electrons. The Morgan fingerprint density at radius 1 is 1.50 bits per heavy atom. The second kappa shape index (κ2) is 4.28. The number of carbonyl (C=O) groups excluding carboxylic acids is 1. The van der Waals surface area contributed by atoms with Crippen molar-refractivity contribution in [1.82, 2.24) is 5.32 Å². The quantitative estimate of drug-likeness (QED) is 0.776. The predicted molar refractivity (Wildman–Crippen MR) is 62.3 cm³/mol. The summed E-state index contributed by atoms with van der Waals surface area (Å²) in [6.45, 7) is 2.83. The lowest BCUT2D eigenvalue weighted by atomic mass is 10.1. The van der Waals surface area contributed by atoms with E-state index in [0.29, 0.717) is 13.0 Å². The molecule has 1 aliphatic carbocycles. The first-order chi connectivity index (χ1) is 7.52. The van der Waals surface area contributed by atoms with Gasteiger partial charge in [-0.25, -0.2) is 0 Å². The molecule has 4 nitrogen and oxygen atoms in total. The summed E-state index contributed by atoms with van der Waals surface area (Å²) in [5, 5.41) is 11.6. The standard InChI is InChI=1S/C11H17NO3S/c1-11(3-2-4-16-11)6-12-9(13)7-5-8(7)10(14)15/h7-8H,2-6H2,1H3,(H,12,13)(H,14,15). The van der Waals surface area contributed by atoms with Crippen molar-refractivity contribution in [1.29, 1.82) is 0 Å². The van der Waals surface area contributed by atoms with Gasteiger partial charge < -0.3 is 10.4 Å². The minimum Gasteiger partial charge on any atom is -0.481 e. The van der Waals surface area contributed by atoms with Crippen LogP contribution in [0.4, 0.5) is 0 Å². The fourth-order valence-electron chi connectivity index (χ4n) is 2.14. The van der Waals surface area contributed by atoms with Crippen LogP contribution in [0.1, 0.15) is 26.2 Å². The van der Waals surface area contributed by atoms with Crippen LogP contribution in [-0.4, -0.2) is 34.0 Å². The van der Waals surface area contributed by atoms with Crippen molar-refractivity contribution in [3.05, 3.63) is 0 Å². The Morgan fingerprint density at radius 2 is 2.25 bits per heavy atom. The molecule has 0 aromatic carbocycles. The van der Waals surface area contributed by atoms with Gasteiger partial charge in [0.1, 0.15) is 0 Å². The zero-order valence-corrected chi connectivity index (χ0v) is 10.2. The summed E-state index contributed by atoms with van der Waals surface area (Å²) in [7, 11) is 0. The van der Waals surface area contributed by atoms with Crippen LogP contribution in [0.5, 0.6) is 0 Å². The van der Waals surface area contributed by atoms with Gasteiger partial charge in [-0.2, -0.15) is 11.8 Å². The first kappa shape index (κ1) is 11.8. The highest BCUT2D eigenvalue weighted by molar-refractivity contribution is 8.00. The van der Waals surface area contributed by atoms with E-state index in [1.165, 1.54) is 6.42 Å². The van der Waals surface area contributed by atoms with E-state index in [1.807, 2.05) is 11.8 Å². The molecule has 0 spiro atoms. The normalized spacial score (nSPS) is 37.1. The maximum absolute atomic E-state index is 11.6. The van der Waals surface area contributed by atoms with E-state index < -0.39 is 11.9 Å². The Labute approximate surface area is 99.2 Å². The fraction of sp³-hybridized carbons (Fsp3) is 0.818. The first-order valence-corrected chi connectivity index (χ1v) is 6.65. The van der Waals surface area contributed by atoms with Crippen molar-refractivity contribution in [3.63, 3.8) is 0 Å². The van der Waals surface area contributed by atoms with Crippen LogP contribution < -0.4 is 5.32 Å². The summed E-state index contributed by atoms with van der Waals surface area (Å²) >= 11 is 1.89. The molecule has 0 aromatic heterocycles. The second-order valence-corrected chi connectivity index (χ2v) is 6.59. The number of carboxylic acid groups (broad SMARTS) is 1. The van der Waals surface area contributed by atoms with Crippen molar-refractivity contribution < 1.29 is 14.7 Å². The van der Waals surface area contributed by atoms with Gasteiger partial charge in [0.25, 0.3) is 0 Å². The molecule has 1 amide bonds. The summed E-state index contributed by atoms with van der Waals surface area (Å²) < 4.78 is 0.156. The Balaban J connectivity index is 1.75. The number of hydrogen-bond acceptors (Lipinski definition) is 3. The van der Waals surface area contributed by atoms with E-state index in [0.717, 1.165) is 12.2 Å². The molecule has 16 heavy (non-hydrogen) atoms. The van der Waals surface area contributed by atoms with E-state index in [9.17, 15) is 9.59 Å². The summed E-state index contributed by atoms with van der Waals surface area (Å²) in [5.41, 5.74) is 0. The largest absolute Gasteiger partial charge is 0.481 e. The van der Waals surface area contributed by atoms with Crippen molar-refractivity contribution in [2.75, 3.05) is 12.3 Å². The highest BCUT2D eigenvalue weighted by atomic mass is 32.2. The number of hydrogen-bond donors (Lipinski definition) is 2. The number of amides is 1. The van der Waals surface area contributed by atoms with Crippen molar-refractivity contribution in [2.45, 2.75) is 30.9 Å². The molecule has 2 fully saturated rings. The number of nitrogens with one attached hydrogen (secondary N) is 1. The van der Waals surface area contributed by atoms with Crippen LogP contribution in [0.2, 0.25) is 0 Å². The molecule has 5 heteroatoms. The number of aliphatic carboxylic acids is 1. The third kappa shape index (κ3) is 2.51. The molecule has 90 valence electrons. The summed E-state index contributed by atoms with van der Waals surface area (Å²) in [6, 6.07) is 0. The minimum atomic E-state index is -0.846. The van der Waals surface area contributed by atoms with E-state index in [1.54, 1.807) is 0 Å². The Kier molecular flexibility index (Phi) is 3.15. The van der Waals surface area contributed by atoms with E-state index in [-0.39, 0.29) is 16.6 Å². The van der Waals surface area contributed by atoms with Crippen LogP contribution in [0, 0.1) is 11.8 Å². The minimum absolute atomic E-state index is 0.0823. The first-order valence-electron chi connectivity index (χ1n) is 5.66. The topological polar surface area (TPSA) is 66.4 Å². The number of carbonyl (C=O) groups is 2. The molecule has 1 saturated carbocycles. The van der Waals surface area contributed by atoms with Crippen LogP contribution >= 0.6 is 11.8 Å². The van der Waals surface area contributed by atoms with Gasteiger partial charge in [0.05, 0.1) is 11.8 Å². The van der Waals surface area contributed by atoms with E-state index in [2.05, 4.69) is 12.2 Å². The summed E-state index contributed by atoms with van der Waals surface area (Å²) in [6.07, 6.45) is 2.84. The molecular formula is C11H17NO3S. The molecule has 3 atom stereocenters. The van der Waals surface area contributed by atoms with Crippen molar-refractivity contribution >= 4 is 23.6 Å². The maximum Gasteiger partial charge on any atom is 0.307 e. The maximum atomic E-state index is 11.6. The Morgan fingerprint density at radius 3 is 2.75 bits per heavy atom. The molecule has 2 N–H and O–H groups in total. The van der Waals surface area contributed by atoms with Crippen molar-refractivity contribution in [3.8, 4) is 0 Å². The van der Waals surface area contributed by atoms with Gasteiger partial charge in [0.15, 0.2) is 0 Å². The summed E-state index contributed by atoms with van der Waals surface area (Å²) in [4.78, 5) is 22.3. The zero-order valence-electron chi connectivity index (χ0n) is 9.36. The average molecular weight is 243 g/mol. The van der Waals surface area contributed by atoms with Crippen LogP contribution in [0.3, 0.4) is 0 Å². The number of carboxylic acids is 1. The van der Waals surface area contributed by atoms with E-state index in [4.69, 9.17) is 5.11 Å². The van der Waals surface area contributed by atoms with Gasteiger partial charge in [-0.3, -0.25) is 9.59 Å². The van der Waals surface area contributed by atoms with E-state index >= 15 is 0 Å². The van der Waals surface area contributed by atoms with Gasteiger partial charge in [-0.15, -0.1) is 0 Å². The molecular weight excluding hydrogens is 226 g/mol. The lowest BCUT2D eigenvalue weighted by Crippen LogP contribution is -2.37. The zero-order chi connectivity index (χ0) is 11.8. The van der Waals surface area contributed by atoms with Crippen LogP contribution in [0.25, 0.3) is 0 Å². The summed E-state index contributed by atoms with van der Waals surface area (Å²) in [5.74, 6) is -0.493. The molecule has 1 heterocycles. The molecule has 1 aliphatic heterocycles. The van der Waals surface area contributed by atoms with Gasteiger partial charge >= 0.3 is 5.97 Å². The van der Waals surface area contributed by atoms with Gasteiger partial charge in [-0.05, 0) is 31.9 Å². The van der Waals surface area contributed by atoms with Crippen LogP contribution in [-0.2, 0) is 9.59 Å². The highest BCUT2D eigenvalue weighted by Crippen LogP contribution is 2.40. The highest BCUT2D eigenvalue weighted by Gasteiger charge is 2.48. The Hall–Kier alpha value is -0.710. The van der Waals surface area contributed by atoms with Gasteiger partial charge in [0, 0.05) is 11.3 Å². The smallest absolute Gasteiger partial charge is 0.307 e. The lowest BCUT2D eigenvalue weighted by molar-refractivity contribution is -0.140. The van der Waals surface area contributed by atoms with Crippen LogP contribution in [0.15, 0.2) is 0 Å². The Bertz CT molecular complexity index is 312. The average Bonchev–Trinajstić information content (AvgIpc) is 2.93. The number of rotatable bonds is 4. The molecule has 0 aromatic rings. The van der Waals surface area contributed by atoms with Crippen molar-refractivity contribution in [2.24, 2.45) is 11.8 Å². The SMILES string of the molecule is CC1(CNC(=O)C2CC2C(=O)O)CCCS1. The number of thioether (sulfide) groups is 1. The second-order valence-electron chi connectivity index (χ2n) is 4.91. The van der Waals surface area contributed by atoms with Gasteiger partial charge in [-0.1, -0.05) is 0 Å². The molecule has 2 rings (SSSR count). The third-order valence-electron chi connectivity index (χ3n) is 3.38. The lowest BCUT2D eigenvalue weighted by Gasteiger charge is -2.22. The fourth-order valence-corrected chi connectivity index (χ4v) is 3.38. The van der Waals surface area contributed by atoms with Gasteiger partial charge in [0.2, 0.25) is 5.91 Å². The third-order valence-corrected chi connectivity index (χ3v) is 4.92. The molecule has 3 unspecified atom stereocenters. The predicted octanol–water partition coefficient (Wildman–Crippen LogP) is 1.11. The molecule has 0 bridgehead atoms. The molecule has 2 aliphatic rings.